The van der Waals surface area contributed by atoms with Gasteiger partial charge in [-0.25, -0.2) is 4.98 Å². The topological polar surface area (TPSA) is 97.6 Å². The number of nitrogens with zero attached hydrogens (tertiary/aromatic N) is 3. The summed E-state index contributed by atoms with van der Waals surface area (Å²) in [7, 11) is 0. The number of oxazole rings is 1. The largest absolute Gasteiger partial charge is 0.479 e. The fourth-order valence-electron chi connectivity index (χ4n) is 3.47. The lowest BCUT2D eigenvalue weighted by Crippen LogP contribution is -2.47. The monoisotopic (exact) mass is 414 g/mol. The van der Waals surface area contributed by atoms with Crippen LogP contribution in [0.5, 0.6) is 5.75 Å². The maximum Gasteiger partial charge on any atom is 0.268 e. The number of anilines is 2. The normalized spacial score (nSPS) is 15.5. The van der Waals surface area contributed by atoms with Crippen molar-refractivity contribution in [3.63, 3.8) is 0 Å². The molecule has 8 heteroatoms. The molecule has 0 bridgehead atoms. The number of rotatable bonds is 4. The van der Waals surface area contributed by atoms with Gasteiger partial charge >= 0.3 is 0 Å². The summed E-state index contributed by atoms with van der Waals surface area (Å²) in [6.45, 7) is 1.54. The third-order valence-electron chi connectivity index (χ3n) is 4.93. The Hall–Kier alpha value is -4.20. The molecular weight excluding hydrogens is 396 g/mol. The lowest BCUT2D eigenvalue weighted by Gasteiger charge is -2.32. The Kier molecular flexibility index (Phi) is 4.59. The summed E-state index contributed by atoms with van der Waals surface area (Å²) < 4.78 is 11.4. The molecule has 0 fully saturated rings. The van der Waals surface area contributed by atoms with E-state index in [4.69, 9.17) is 9.15 Å². The lowest BCUT2D eigenvalue weighted by molar-refractivity contribution is -0.127. The van der Waals surface area contributed by atoms with Gasteiger partial charge in [0.1, 0.15) is 23.5 Å². The molecule has 31 heavy (non-hydrogen) atoms. The molecule has 0 radical (unpaired) electrons. The van der Waals surface area contributed by atoms with Gasteiger partial charge in [0.2, 0.25) is 11.8 Å². The smallest absolute Gasteiger partial charge is 0.268 e. The number of ether oxygens (including phenoxy) is 1. The van der Waals surface area contributed by atoms with Crippen LogP contribution in [0.4, 0.5) is 11.4 Å². The van der Waals surface area contributed by atoms with Crippen LogP contribution in [-0.2, 0) is 9.59 Å². The summed E-state index contributed by atoms with van der Waals surface area (Å²) >= 11 is 0. The van der Waals surface area contributed by atoms with Gasteiger partial charge in [-0.2, -0.15) is 0 Å². The fourth-order valence-corrected chi connectivity index (χ4v) is 3.47. The molecule has 0 saturated heterocycles. The van der Waals surface area contributed by atoms with E-state index in [1.807, 2.05) is 24.3 Å². The van der Waals surface area contributed by atoms with E-state index in [1.54, 1.807) is 49.5 Å². The number of amides is 2. The predicted octanol–water partition coefficient (Wildman–Crippen LogP) is 3.64. The first-order valence-electron chi connectivity index (χ1n) is 9.77. The van der Waals surface area contributed by atoms with Crippen molar-refractivity contribution in [1.82, 2.24) is 9.97 Å². The summed E-state index contributed by atoms with van der Waals surface area (Å²) in [5.41, 5.74) is 2.93. The third-order valence-corrected chi connectivity index (χ3v) is 4.93. The molecule has 0 saturated carbocycles. The maximum absolute atomic E-state index is 12.7. The van der Waals surface area contributed by atoms with Crippen LogP contribution in [0.2, 0.25) is 0 Å². The maximum atomic E-state index is 12.7. The van der Waals surface area contributed by atoms with Crippen LogP contribution in [0, 0.1) is 0 Å². The third kappa shape index (κ3) is 3.59. The van der Waals surface area contributed by atoms with Crippen molar-refractivity contribution in [2.45, 2.75) is 13.0 Å². The van der Waals surface area contributed by atoms with Crippen LogP contribution < -0.4 is 15.0 Å². The Bertz CT molecular complexity index is 1290. The minimum Gasteiger partial charge on any atom is -0.479 e. The molecule has 2 aromatic heterocycles. The number of benzene rings is 2. The molecule has 3 heterocycles. The van der Waals surface area contributed by atoms with Crippen molar-refractivity contribution in [2.24, 2.45) is 0 Å². The molecule has 2 aromatic carbocycles. The van der Waals surface area contributed by atoms with Gasteiger partial charge in [-0.1, -0.05) is 18.2 Å². The minimum absolute atomic E-state index is 0.128. The van der Waals surface area contributed by atoms with Crippen molar-refractivity contribution >= 4 is 34.3 Å². The van der Waals surface area contributed by atoms with Crippen LogP contribution in [0.3, 0.4) is 0 Å². The number of hydrogen-bond acceptors (Lipinski definition) is 6. The molecule has 8 nitrogen and oxygen atoms in total. The Balaban J connectivity index is 1.35. The van der Waals surface area contributed by atoms with Crippen molar-refractivity contribution in [3.8, 4) is 17.3 Å². The average molecular weight is 414 g/mol. The molecule has 1 N–H and O–H groups in total. The predicted molar refractivity (Wildman–Crippen MR) is 115 cm³/mol. The van der Waals surface area contributed by atoms with Crippen molar-refractivity contribution in [2.75, 3.05) is 16.8 Å². The van der Waals surface area contributed by atoms with E-state index in [-0.39, 0.29) is 18.4 Å². The van der Waals surface area contributed by atoms with Crippen molar-refractivity contribution in [3.05, 3.63) is 66.9 Å². The molecule has 0 unspecified atom stereocenters. The quantitative estimate of drug-likeness (QED) is 0.548. The number of carbonyl (C=O) groups excluding carboxylic acids is 2. The van der Waals surface area contributed by atoms with E-state index in [0.29, 0.717) is 39.8 Å². The van der Waals surface area contributed by atoms with Crippen LogP contribution in [-0.4, -0.2) is 34.4 Å². The van der Waals surface area contributed by atoms with Crippen LogP contribution >= 0.6 is 0 Å². The molecule has 1 atom stereocenters. The highest BCUT2D eigenvalue weighted by Crippen LogP contribution is 2.33. The molecule has 0 spiro atoms. The molecule has 1 aliphatic heterocycles. The minimum atomic E-state index is -0.654. The van der Waals surface area contributed by atoms with Gasteiger partial charge in [-0.05, 0) is 43.3 Å². The number of carbonyl (C=O) groups is 2. The highest BCUT2D eigenvalue weighted by molar-refractivity contribution is 6.06. The fraction of sp³-hybridized carbons (Fsp3) is 0.130. The van der Waals surface area contributed by atoms with E-state index in [1.165, 1.54) is 4.90 Å². The van der Waals surface area contributed by atoms with Crippen molar-refractivity contribution < 1.29 is 18.7 Å². The van der Waals surface area contributed by atoms with Gasteiger partial charge in [-0.3, -0.25) is 19.5 Å². The van der Waals surface area contributed by atoms with E-state index >= 15 is 0 Å². The molecule has 1 aliphatic rings. The first kappa shape index (κ1) is 18.8. The lowest BCUT2D eigenvalue weighted by atomic mass is 10.2. The second-order valence-corrected chi connectivity index (χ2v) is 7.12. The number of aromatic nitrogens is 2. The van der Waals surface area contributed by atoms with Crippen LogP contribution in [0.15, 0.2) is 71.3 Å². The zero-order valence-corrected chi connectivity index (χ0v) is 16.6. The zero-order chi connectivity index (χ0) is 21.4. The SMILES string of the molecule is C[C@H]1Oc2ccccc2N(CC(=O)Nc2ccc3nc(-c4ccccn4)oc3c2)C1=O. The standard InChI is InChI=1S/C23H18N4O4/c1-14-23(29)27(18-7-2-3-8-19(18)30-14)13-21(28)25-15-9-10-16-20(12-15)31-22(26-16)17-6-4-5-11-24-17/h2-12,14H,13H2,1H3,(H,25,28)/t14-/m1/s1. The molecule has 5 rings (SSSR count). The van der Waals surface area contributed by atoms with Gasteiger partial charge in [0.05, 0.1) is 5.69 Å². The molecule has 2 amide bonds. The van der Waals surface area contributed by atoms with E-state index in [0.717, 1.165) is 0 Å². The Morgan fingerprint density at radius 3 is 2.81 bits per heavy atom. The number of fused-ring (bicyclic) bond motifs is 2. The van der Waals surface area contributed by atoms with Gasteiger partial charge in [0.25, 0.3) is 5.91 Å². The van der Waals surface area contributed by atoms with Gasteiger partial charge in [0.15, 0.2) is 11.7 Å². The van der Waals surface area contributed by atoms with Crippen LogP contribution in [0.25, 0.3) is 22.7 Å². The second kappa shape index (κ2) is 7.56. The molecule has 154 valence electrons. The highest BCUT2D eigenvalue weighted by Gasteiger charge is 2.32. The van der Waals surface area contributed by atoms with Gasteiger partial charge < -0.3 is 14.5 Å². The van der Waals surface area contributed by atoms with E-state index < -0.39 is 6.10 Å². The number of hydrogen-bond donors (Lipinski definition) is 1. The summed E-state index contributed by atoms with van der Waals surface area (Å²) in [5.74, 6) is 0.386. The number of para-hydroxylation sites is 2. The summed E-state index contributed by atoms with van der Waals surface area (Å²) in [6, 6.07) is 17.8. The van der Waals surface area contributed by atoms with Crippen LogP contribution in [0.1, 0.15) is 6.92 Å². The summed E-state index contributed by atoms with van der Waals surface area (Å²) in [4.78, 5) is 35.4. The average Bonchev–Trinajstić information content (AvgIpc) is 3.21. The Morgan fingerprint density at radius 2 is 1.97 bits per heavy atom. The first-order valence-corrected chi connectivity index (χ1v) is 9.77. The summed E-state index contributed by atoms with van der Waals surface area (Å²) in [5, 5.41) is 2.82. The molecular formula is C23H18N4O4. The van der Waals surface area contributed by atoms with Gasteiger partial charge in [-0.15, -0.1) is 0 Å². The summed E-state index contributed by atoms with van der Waals surface area (Å²) in [6.07, 6.45) is 1.01. The zero-order valence-electron chi connectivity index (χ0n) is 16.6. The van der Waals surface area contributed by atoms with Gasteiger partial charge in [0, 0.05) is 18.0 Å². The molecule has 4 aromatic rings. The van der Waals surface area contributed by atoms with Crippen molar-refractivity contribution in [1.29, 1.82) is 0 Å². The Labute approximate surface area is 177 Å². The Morgan fingerprint density at radius 1 is 1.13 bits per heavy atom. The van der Waals surface area contributed by atoms with E-state index in [2.05, 4.69) is 15.3 Å². The first-order chi connectivity index (χ1) is 15.1. The highest BCUT2D eigenvalue weighted by atomic mass is 16.5. The number of nitrogens with one attached hydrogen (secondary N) is 1. The van der Waals surface area contributed by atoms with E-state index in [9.17, 15) is 9.59 Å². The second-order valence-electron chi connectivity index (χ2n) is 7.12. The number of pyridine rings is 1. The molecule has 0 aliphatic carbocycles.